The molecule has 0 bridgehead atoms. The van der Waals surface area contributed by atoms with Gasteiger partial charge in [0, 0.05) is 12.0 Å². The molecule has 2 saturated heterocycles. The van der Waals surface area contributed by atoms with E-state index >= 15 is 0 Å². The van der Waals surface area contributed by atoms with Gasteiger partial charge < -0.3 is 28.8 Å². The number of morpholine rings is 1. The Morgan fingerprint density at radius 3 is 2.74 bits per heavy atom. The van der Waals surface area contributed by atoms with Crippen LogP contribution >= 0.6 is 0 Å². The quantitative estimate of drug-likeness (QED) is 0.724. The van der Waals surface area contributed by atoms with Crippen LogP contribution in [0, 0.1) is 11.3 Å². The highest BCUT2D eigenvalue weighted by molar-refractivity contribution is 6.64. The molecule has 1 amide bonds. The third kappa shape index (κ3) is 3.94. The summed E-state index contributed by atoms with van der Waals surface area (Å²) in [5, 5.41) is 23.0. The van der Waals surface area contributed by atoms with E-state index in [4.69, 9.17) is 18.8 Å². The zero-order valence-corrected chi connectivity index (χ0v) is 18.0. The molecular formula is C20H25BN4O6. The number of nitrogens with zero attached hydrogens (tertiary/aromatic N) is 4. The maximum atomic E-state index is 11.2. The highest BCUT2D eigenvalue weighted by Crippen LogP contribution is 2.37. The van der Waals surface area contributed by atoms with E-state index in [1.54, 1.807) is 16.8 Å². The number of carboxylic acid groups (broad SMARTS) is 1. The molecule has 2 fully saturated rings. The number of ether oxygens (including phenoxy) is 2. The van der Waals surface area contributed by atoms with Gasteiger partial charge in [-0.3, -0.25) is 0 Å². The summed E-state index contributed by atoms with van der Waals surface area (Å²) in [7, 11) is -0.701. The third-order valence-electron chi connectivity index (χ3n) is 6.09. The van der Waals surface area contributed by atoms with Gasteiger partial charge >= 0.3 is 13.2 Å². The second kappa shape index (κ2) is 7.71. The van der Waals surface area contributed by atoms with E-state index in [2.05, 4.69) is 11.2 Å². The molecular weight excluding hydrogens is 403 g/mol. The second-order valence-electron chi connectivity index (χ2n) is 8.72. The van der Waals surface area contributed by atoms with Gasteiger partial charge in [-0.25, -0.2) is 9.31 Å². The number of nitriles is 1. The molecule has 0 unspecified atom stereocenters. The number of fused-ring (bicyclic) bond motifs is 1. The normalized spacial score (nSPS) is 22.5. The zero-order valence-electron chi connectivity index (χ0n) is 18.0. The minimum Gasteiger partial charge on any atom is -0.489 e. The van der Waals surface area contributed by atoms with E-state index in [-0.39, 0.29) is 19.3 Å². The van der Waals surface area contributed by atoms with E-state index < -0.39 is 24.4 Å². The molecule has 0 radical (unpaired) electrons. The Hall–Kier alpha value is -2.81. The SMILES string of the molecule is CC1(C)OB(c2cc(OC[C@H]3CN(C(=O)O)CCO3)cn3ncc(C#N)c23)OC1(C)C. The van der Waals surface area contributed by atoms with Gasteiger partial charge in [0.1, 0.15) is 24.5 Å². The number of rotatable bonds is 4. The summed E-state index contributed by atoms with van der Waals surface area (Å²) in [6, 6.07) is 3.93. The van der Waals surface area contributed by atoms with Gasteiger partial charge in [-0.1, -0.05) is 0 Å². The van der Waals surface area contributed by atoms with Gasteiger partial charge in [-0.15, -0.1) is 0 Å². The van der Waals surface area contributed by atoms with Crippen LogP contribution in [0.3, 0.4) is 0 Å². The molecule has 10 nitrogen and oxygen atoms in total. The molecule has 0 aliphatic carbocycles. The van der Waals surface area contributed by atoms with Crippen molar-refractivity contribution in [2.24, 2.45) is 0 Å². The van der Waals surface area contributed by atoms with Crippen molar-refractivity contribution in [3.05, 3.63) is 24.0 Å². The fourth-order valence-electron chi connectivity index (χ4n) is 3.62. The predicted molar refractivity (Wildman–Crippen MR) is 110 cm³/mol. The van der Waals surface area contributed by atoms with Gasteiger partial charge in [0.2, 0.25) is 0 Å². The lowest BCUT2D eigenvalue weighted by molar-refractivity contribution is -0.0412. The van der Waals surface area contributed by atoms with E-state index in [9.17, 15) is 15.2 Å². The van der Waals surface area contributed by atoms with Gasteiger partial charge in [0.15, 0.2) is 0 Å². The summed E-state index contributed by atoms with van der Waals surface area (Å²) in [6.45, 7) is 8.91. The van der Waals surface area contributed by atoms with Crippen LogP contribution in [0.1, 0.15) is 33.3 Å². The minimum absolute atomic E-state index is 0.171. The Labute approximate surface area is 180 Å². The number of hydrogen-bond donors (Lipinski definition) is 1. The van der Waals surface area contributed by atoms with Crippen LogP contribution in [-0.2, 0) is 14.0 Å². The molecule has 164 valence electrons. The molecule has 2 aliphatic heterocycles. The first-order chi connectivity index (χ1) is 14.6. The van der Waals surface area contributed by atoms with Crippen LogP contribution in [0.25, 0.3) is 5.52 Å². The van der Waals surface area contributed by atoms with E-state index in [1.807, 2.05) is 27.7 Å². The lowest BCUT2D eigenvalue weighted by Crippen LogP contribution is -2.47. The highest BCUT2D eigenvalue weighted by atomic mass is 16.7. The largest absolute Gasteiger partial charge is 0.497 e. The molecule has 2 aromatic rings. The standard InChI is InChI=1S/C20H25BN4O6/c1-19(2)20(3,4)31-21(30-19)16-7-14(11-25-17(16)13(8-22)9-23-25)29-12-15-10-24(18(26)27)5-6-28-15/h7,9,11,15H,5-6,10,12H2,1-4H3,(H,26,27)/t15-/m1/s1. The molecule has 4 heterocycles. The van der Waals surface area contributed by atoms with Gasteiger partial charge in [-0.05, 0) is 33.8 Å². The van der Waals surface area contributed by atoms with Crippen LogP contribution in [0.2, 0.25) is 0 Å². The van der Waals surface area contributed by atoms with Crippen molar-refractivity contribution in [3.63, 3.8) is 0 Å². The van der Waals surface area contributed by atoms with Gasteiger partial charge in [0.05, 0.1) is 47.8 Å². The first-order valence-corrected chi connectivity index (χ1v) is 10.1. The molecule has 0 spiro atoms. The van der Waals surface area contributed by atoms with Crippen molar-refractivity contribution in [3.8, 4) is 11.8 Å². The number of aromatic nitrogens is 2. The fraction of sp³-hybridized carbons (Fsp3) is 0.550. The van der Waals surface area contributed by atoms with E-state index in [0.29, 0.717) is 35.4 Å². The molecule has 31 heavy (non-hydrogen) atoms. The molecule has 1 N–H and O–H groups in total. The Bertz CT molecular complexity index is 1030. The van der Waals surface area contributed by atoms with Crippen molar-refractivity contribution >= 4 is 24.2 Å². The molecule has 0 saturated carbocycles. The summed E-state index contributed by atoms with van der Waals surface area (Å²) in [6.07, 6.45) is 1.80. The lowest BCUT2D eigenvalue weighted by Gasteiger charge is -2.32. The van der Waals surface area contributed by atoms with E-state index in [0.717, 1.165) is 0 Å². The van der Waals surface area contributed by atoms with Crippen LogP contribution in [0.4, 0.5) is 4.79 Å². The Kier molecular flexibility index (Phi) is 5.33. The van der Waals surface area contributed by atoms with Crippen molar-refractivity contribution in [1.29, 1.82) is 5.26 Å². The topological polar surface area (TPSA) is 119 Å². The Morgan fingerprint density at radius 1 is 1.39 bits per heavy atom. The minimum atomic E-state index is -0.974. The molecule has 4 rings (SSSR count). The second-order valence-corrected chi connectivity index (χ2v) is 8.72. The molecule has 11 heteroatoms. The summed E-state index contributed by atoms with van der Waals surface area (Å²) < 4.78 is 25.5. The average Bonchev–Trinajstić information content (AvgIpc) is 3.23. The molecule has 2 aromatic heterocycles. The monoisotopic (exact) mass is 428 g/mol. The maximum absolute atomic E-state index is 11.2. The Morgan fingerprint density at radius 2 is 2.10 bits per heavy atom. The predicted octanol–water partition coefficient (Wildman–Crippen LogP) is 1.26. The third-order valence-corrected chi connectivity index (χ3v) is 6.09. The first kappa shape index (κ1) is 21.4. The molecule has 0 aromatic carbocycles. The van der Waals surface area contributed by atoms with Gasteiger partial charge in [0.25, 0.3) is 0 Å². The van der Waals surface area contributed by atoms with E-state index in [1.165, 1.54) is 11.1 Å². The zero-order chi connectivity index (χ0) is 22.4. The Balaban J connectivity index is 1.61. The fourth-order valence-corrected chi connectivity index (χ4v) is 3.62. The first-order valence-electron chi connectivity index (χ1n) is 10.1. The number of carbonyl (C=O) groups is 1. The molecule has 1 atom stereocenters. The summed E-state index contributed by atoms with van der Waals surface area (Å²) in [5.74, 6) is 0.487. The van der Waals surface area contributed by atoms with Crippen molar-refractivity contribution in [1.82, 2.24) is 14.5 Å². The van der Waals surface area contributed by atoms with Crippen molar-refractivity contribution in [2.75, 3.05) is 26.3 Å². The number of amides is 1. The number of hydrogen-bond acceptors (Lipinski definition) is 7. The van der Waals surface area contributed by atoms with Crippen LogP contribution in [0.15, 0.2) is 18.5 Å². The maximum Gasteiger partial charge on any atom is 0.497 e. The van der Waals surface area contributed by atoms with Crippen LogP contribution in [-0.4, -0.2) is 76.4 Å². The smallest absolute Gasteiger partial charge is 0.489 e. The van der Waals surface area contributed by atoms with Crippen molar-refractivity contribution < 1.29 is 28.7 Å². The van der Waals surface area contributed by atoms with Gasteiger partial charge in [-0.2, -0.15) is 10.4 Å². The molecule has 2 aliphatic rings. The van der Waals surface area contributed by atoms with Crippen LogP contribution < -0.4 is 10.2 Å². The van der Waals surface area contributed by atoms with Crippen molar-refractivity contribution in [2.45, 2.75) is 45.0 Å². The van der Waals surface area contributed by atoms with Crippen LogP contribution in [0.5, 0.6) is 5.75 Å². The summed E-state index contributed by atoms with van der Waals surface area (Å²) in [5.41, 5.74) is 0.550. The summed E-state index contributed by atoms with van der Waals surface area (Å²) >= 11 is 0. The average molecular weight is 428 g/mol. The lowest BCUT2D eigenvalue weighted by atomic mass is 9.78. The highest BCUT2D eigenvalue weighted by Gasteiger charge is 2.52. The summed E-state index contributed by atoms with van der Waals surface area (Å²) in [4.78, 5) is 12.5. The number of pyridine rings is 1.